The van der Waals surface area contributed by atoms with Gasteiger partial charge in [0.25, 0.3) is 0 Å². The van der Waals surface area contributed by atoms with Crippen LogP contribution in [-0.4, -0.2) is 58.2 Å². The van der Waals surface area contributed by atoms with E-state index >= 15 is 0 Å². The number of methoxy groups -OCH3 is 2. The zero-order chi connectivity index (χ0) is 25.4. The van der Waals surface area contributed by atoms with E-state index < -0.39 is 0 Å². The summed E-state index contributed by atoms with van der Waals surface area (Å²) >= 11 is 1.61. The Labute approximate surface area is 210 Å². The van der Waals surface area contributed by atoms with Crippen LogP contribution in [0, 0.1) is 5.92 Å². The van der Waals surface area contributed by atoms with Gasteiger partial charge in [0, 0.05) is 24.4 Å². The van der Waals surface area contributed by atoms with Gasteiger partial charge in [0.1, 0.15) is 5.82 Å². The minimum atomic E-state index is -0.193. The Balaban J connectivity index is 1.66. The van der Waals surface area contributed by atoms with E-state index in [2.05, 4.69) is 43.4 Å². The number of aromatic nitrogens is 4. The Bertz CT molecular complexity index is 1180. The molecule has 3 rings (SSSR count). The second kappa shape index (κ2) is 12.4. The van der Waals surface area contributed by atoms with E-state index in [0.29, 0.717) is 40.9 Å². The molecular weight excluding hydrogens is 464 g/mol. The number of carbonyl (C=O) groups excluding carboxylic acids is 1. The van der Waals surface area contributed by atoms with Crippen molar-refractivity contribution in [1.29, 1.82) is 0 Å². The maximum absolute atomic E-state index is 12.3. The van der Waals surface area contributed by atoms with Gasteiger partial charge in [-0.2, -0.15) is 5.10 Å². The van der Waals surface area contributed by atoms with Gasteiger partial charge in [-0.15, -0.1) is 0 Å². The molecule has 10 heteroatoms. The number of fused-ring (bicyclic) bond motifs is 1. The molecule has 0 saturated carbocycles. The van der Waals surface area contributed by atoms with Crippen molar-refractivity contribution in [1.82, 2.24) is 25.1 Å². The average Bonchev–Trinajstić information content (AvgIpc) is 3.23. The Kier molecular flexibility index (Phi) is 9.36. The van der Waals surface area contributed by atoms with E-state index in [0.717, 1.165) is 29.0 Å². The molecule has 0 aliphatic carbocycles. The van der Waals surface area contributed by atoms with Gasteiger partial charge in [0.2, 0.25) is 5.91 Å². The van der Waals surface area contributed by atoms with E-state index in [1.54, 1.807) is 49.0 Å². The van der Waals surface area contributed by atoms with Crippen LogP contribution in [0.1, 0.15) is 33.3 Å². The highest BCUT2D eigenvalue weighted by atomic mass is 32.2. The minimum absolute atomic E-state index is 0.193. The SMILES string of the molecule is COc1ccc(/C=C\C(=O)NCCn2ncc3c(NCC(C)C)nc(SC(C)C)nc32)cc1OC. The monoisotopic (exact) mass is 498 g/mol. The van der Waals surface area contributed by atoms with Crippen molar-refractivity contribution in [3.63, 3.8) is 0 Å². The Morgan fingerprint density at radius 2 is 1.91 bits per heavy atom. The molecule has 0 saturated heterocycles. The maximum Gasteiger partial charge on any atom is 0.244 e. The molecule has 2 N–H and O–H groups in total. The lowest BCUT2D eigenvalue weighted by molar-refractivity contribution is -0.116. The predicted octanol–water partition coefficient (Wildman–Crippen LogP) is 4.24. The molecule has 0 unspecified atom stereocenters. The number of amides is 1. The summed E-state index contributed by atoms with van der Waals surface area (Å²) < 4.78 is 12.4. The van der Waals surface area contributed by atoms with Gasteiger partial charge in [-0.25, -0.2) is 14.6 Å². The summed E-state index contributed by atoms with van der Waals surface area (Å²) in [5, 5.41) is 12.8. The number of anilines is 1. The quantitative estimate of drug-likeness (QED) is 0.217. The maximum atomic E-state index is 12.3. The van der Waals surface area contributed by atoms with Crippen LogP contribution in [0.25, 0.3) is 17.1 Å². The fourth-order valence-corrected chi connectivity index (χ4v) is 3.98. The molecule has 1 amide bonds. The van der Waals surface area contributed by atoms with Gasteiger partial charge in [0.15, 0.2) is 22.3 Å². The van der Waals surface area contributed by atoms with Crippen molar-refractivity contribution < 1.29 is 14.3 Å². The van der Waals surface area contributed by atoms with E-state index in [4.69, 9.17) is 19.4 Å². The zero-order valence-electron chi connectivity index (χ0n) is 21.2. The first-order chi connectivity index (χ1) is 16.8. The molecule has 35 heavy (non-hydrogen) atoms. The summed E-state index contributed by atoms with van der Waals surface area (Å²) in [5.74, 6) is 2.33. The number of nitrogens with one attached hydrogen (secondary N) is 2. The lowest BCUT2D eigenvalue weighted by Crippen LogP contribution is -2.25. The molecule has 2 aromatic heterocycles. The highest BCUT2D eigenvalue weighted by molar-refractivity contribution is 7.99. The molecule has 188 valence electrons. The van der Waals surface area contributed by atoms with Gasteiger partial charge in [0.05, 0.1) is 32.3 Å². The number of hydrogen-bond acceptors (Lipinski definition) is 8. The molecule has 1 aromatic carbocycles. The second-order valence-electron chi connectivity index (χ2n) is 8.64. The molecule has 9 nitrogen and oxygen atoms in total. The first-order valence-corrected chi connectivity index (χ1v) is 12.5. The number of rotatable bonds is 12. The summed E-state index contributed by atoms with van der Waals surface area (Å²) in [7, 11) is 3.17. The van der Waals surface area contributed by atoms with Crippen LogP contribution in [0.4, 0.5) is 5.82 Å². The molecule has 0 fully saturated rings. The summed E-state index contributed by atoms with van der Waals surface area (Å²) in [6.07, 6.45) is 5.01. The Hall–Kier alpha value is -3.27. The summed E-state index contributed by atoms with van der Waals surface area (Å²) in [6, 6.07) is 5.48. The van der Waals surface area contributed by atoms with Crippen LogP contribution in [-0.2, 0) is 11.3 Å². The van der Waals surface area contributed by atoms with Crippen molar-refractivity contribution in [2.75, 3.05) is 32.6 Å². The van der Waals surface area contributed by atoms with Gasteiger partial charge in [-0.3, -0.25) is 4.79 Å². The molecule has 0 bridgehead atoms. The molecule has 0 aliphatic heterocycles. The molecule has 0 radical (unpaired) electrons. The standard InChI is InChI=1S/C25H34N6O3S/c1-16(2)14-27-23-19-15-28-31(24(19)30-25(29-23)35-17(3)4)12-11-26-22(32)10-8-18-7-9-20(33-5)21(13-18)34-6/h7-10,13,15-17H,11-12,14H2,1-6H3,(H,26,32)(H,27,29,30)/b10-8-. The minimum Gasteiger partial charge on any atom is -0.493 e. The lowest BCUT2D eigenvalue weighted by atomic mass is 10.2. The van der Waals surface area contributed by atoms with E-state index in [1.165, 1.54) is 6.08 Å². The third kappa shape index (κ3) is 7.35. The molecule has 0 atom stereocenters. The normalized spacial score (nSPS) is 11.5. The number of hydrogen-bond donors (Lipinski definition) is 2. The van der Waals surface area contributed by atoms with Crippen molar-refractivity contribution in [3.05, 3.63) is 36.0 Å². The number of benzene rings is 1. The van der Waals surface area contributed by atoms with E-state index in [1.807, 2.05) is 12.1 Å². The Morgan fingerprint density at radius 3 is 2.60 bits per heavy atom. The number of nitrogens with zero attached hydrogens (tertiary/aromatic N) is 4. The highest BCUT2D eigenvalue weighted by Gasteiger charge is 2.14. The van der Waals surface area contributed by atoms with Gasteiger partial charge in [-0.1, -0.05) is 45.5 Å². The third-order valence-corrected chi connectivity index (χ3v) is 5.82. The van der Waals surface area contributed by atoms with Crippen LogP contribution in [0.15, 0.2) is 35.6 Å². The van der Waals surface area contributed by atoms with Crippen molar-refractivity contribution in [2.45, 2.75) is 44.6 Å². The molecular formula is C25H34N6O3S. The summed E-state index contributed by atoms with van der Waals surface area (Å²) in [4.78, 5) is 21.8. The van der Waals surface area contributed by atoms with Gasteiger partial charge in [-0.05, 0) is 29.7 Å². The average molecular weight is 499 g/mol. The number of ether oxygens (including phenoxy) is 2. The third-order valence-electron chi connectivity index (χ3n) is 4.95. The number of carbonyl (C=O) groups is 1. The van der Waals surface area contributed by atoms with E-state index in [-0.39, 0.29) is 5.91 Å². The Morgan fingerprint density at radius 1 is 1.14 bits per heavy atom. The first-order valence-electron chi connectivity index (χ1n) is 11.6. The second-order valence-corrected chi connectivity index (χ2v) is 10.2. The molecule has 3 aromatic rings. The topological polar surface area (TPSA) is 103 Å². The summed E-state index contributed by atoms with van der Waals surface area (Å²) in [5.41, 5.74) is 1.59. The largest absolute Gasteiger partial charge is 0.493 e. The smallest absolute Gasteiger partial charge is 0.244 e. The van der Waals surface area contributed by atoms with Crippen LogP contribution < -0.4 is 20.1 Å². The first kappa shape index (κ1) is 26.3. The lowest BCUT2D eigenvalue weighted by Gasteiger charge is -2.12. The van der Waals surface area contributed by atoms with Crippen LogP contribution in [0.5, 0.6) is 11.5 Å². The van der Waals surface area contributed by atoms with Crippen molar-refractivity contribution >= 4 is 40.6 Å². The zero-order valence-corrected chi connectivity index (χ0v) is 22.0. The van der Waals surface area contributed by atoms with Crippen molar-refractivity contribution in [3.8, 4) is 11.5 Å². The fraction of sp³-hybridized carbons (Fsp3) is 0.440. The van der Waals surface area contributed by atoms with E-state index in [9.17, 15) is 4.79 Å². The van der Waals surface area contributed by atoms with Crippen molar-refractivity contribution in [2.24, 2.45) is 5.92 Å². The summed E-state index contributed by atoms with van der Waals surface area (Å²) in [6.45, 7) is 10.3. The predicted molar refractivity (Wildman–Crippen MR) is 141 cm³/mol. The van der Waals surface area contributed by atoms with Crippen LogP contribution >= 0.6 is 11.8 Å². The van der Waals surface area contributed by atoms with Crippen LogP contribution in [0.3, 0.4) is 0 Å². The molecule has 2 heterocycles. The molecule has 0 aliphatic rings. The van der Waals surface area contributed by atoms with Gasteiger partial charge < -0.3 is 20.1 Å². The molecule has 0 spiro atoms. The fourth-order valence-electron chi connectivity index (χ4n) is 3.27. The van der Waals surface area contributed by atoms with Gasteiger partial charge >= 0.3 is 0 Å². The number of thioether (sulfide) groups is 1. The highest BCUT2D eigenvalue weighted by Crippen LogP contribution is 2.28. The van der Waals surface area contributed by atoms with Crippen LogP contribution in [0.2, 0.25) is 0 Å².